The van der Waals surface area contributed by atoms with Crippen molar-refractivity contribution in [1.82, 2.24) is 41.3 Å². The topological polar surface area (TPSA) is 285 Å². The van der Waals surface area contributed by atoms with Gasteiger partial charge in [0.2, 0.25) is 29.5 Å². The maximum atomic E-state index is 14.3. The Balaban J connectivity index is 1.93. The second kappa shape index (κ2) is 33.3. The van der Waals surface area contributed by atoms with Gasteiger partial charge >= 0.3 is 18.0 Å². The molecular formula is C58H86N8O14. The first-order chi connectivity index (χ1) is 37.8. The van der Waals surface area contributed by atoms with Gasteiger partial charge in [0.25, 0.3) is 17.7 Å². The molecule has 0 radical (unpaired) electrons. The van der Waals surface area contributed by atoms with Gasteiger partial charge in [-0.3, -0.25) is 43.3 Å². The second-order valence-corrected chi connectivity index (χ2v) is 21.2. The van der Waals surface area contributed by atoms with Crippen molar-refractivity contribution >= 4 is 65.3 Å². The Hall–Kier alpha value is -7.39. The van der Waals surface area contributed by atoms with E-state index < -0.39 is 108 Å². The molecule has 0 aliphatic carbocycles. The zero-order chi connectivity index (χ0) is 59.8. The normalized spacial score (nSPS) is 25.0. The number of ether oxygens (including phenoxy) is 3. The number of benzene rings is 1. The summed E-state index contributed by atoms with van der Waals surface area (Å²) < 4.78 is 17.9. The predicted molar refractivity (Wildman–Crippen MR) is 297 cm³/mol. The molecule has 3 rings (SSSR count). The van der Waals surface area contributed by atoms with Crippen molar-refractivity contribution < 1.29 is 67.0 Å². The molecule has 1 aromatic rings. The number of carbonyl (C=O) groups is 11. The van der Waals surface area contributed by atoms with Crippen LogP contribution in [0.2, 0.25) is 0 Å². The fraction of sp³-hybridized carbons (Fsp3) is 0.603. The van der Waals surface area contributed by atoms with Crippen LogP contribution in [0.5, 0.6) is 0 Å². The minimum atomic E-state index is -1.36. The van der Waals surface area contributed by atoms with E-state index in [0.29, 0.717) is 43.2 Å². The lowest BCUT2D eigenvalue weighted by Crippen LogP contribution is -2.57. The highest BCUT2D eigenvalue weighted by molar-refractivity contribution is 6.12. The van der Waals surface area contributed by atoms with Gasteiger partial charge in [-0.1, -0.05) is 89.9 Å². The average Bonchev–Trinajstić information content (AvgIpc) is 3.74. The van der Waals surface area contributed by atoms with E-state index in [4.69, 9.17) is 14.2 Å². The summed E-state index contributed by atoms with van der Waals surface area (Å²) in [7, 11) is 2.81. The third-order valence-corrected chi connectivity index (χ3v) is 14.2. The Morgan fingerprint density at radius 2 is 1.45 bits per heavy atom. The Morgan fingerprint density at radius 1 is 0.812 bits per heavy atom. The Bertz CT molecular complexity index is 2420. The molecule has 9 amide bonds. The van der Waals surface area contributed by atoms with Gasteiger partial charge in [-0.2, -0.15) is 0 Å². The van der Waals surface area contributed by atoms with Crippen LogP contribution in [0.4, 0.5) is 4.79 Å². The Morgan fingerprint density at radius 3 is 2.08 bits per heavy atom. The molecule has 9 atom stereocenters. The summed E-state index contributed by atoms with van der Waals surface area (Å²) in [6.07, 6.45) is 4.08. The molecule has 2 heterocycles. The average molecular weight is 1120 g/mol. The third-order valence-electron chi connectivity index (χ3n) is 14.2. The number of allylic oxidation sites excluding steroid dienone is 1. The van der Waals surface area contributed by atoms with Gasteiger partial charge in [-0.25, -0.2) is 14.4 Å². The van der Waals surface area contributed by atoms with Gasteiger partial charge in [0.15, 0.2) is 6.10 Å². The summed E-state index contributed by atoms with van der Waals surface area (Å²) in [5, 5.41) is 13.6. The van der Waals surface area contributed by atoms with E-state index >= 15 is 0 Å². The molecule has 0 saturated heterocycles. The van der Waals surface area contributed by atoms with Gasteiger partial charge in [-0.05, 0) is 83.3 Å². The summed E-state index contributed by atoms with van der Waals surface area (Å²) in [6, 6.07) is 4.15. The van der Waals surface area contributed by atoms with E-state index in [9.17, 15) is 52.7 Å². The smallest absolute Gasteiger partial charge is 0.407 e. The first kappa shape index (κ1) is 66.9. The van der Waals surface area contributed by atoms with E-state index in [1.54, 1.807) is 64.1 Å². The van der Waals surface area contributed by atoms with Crippen LogP contribution in [-0.4, -0.2) is 163 Å². The molecule has 80 heavy (non-hydrogen) atoms. The maximum absolute atomic E-state index is 14.3. The standard InChI is InChI=1S/C58H86N8O14/c1-13-36(5)50-53(72)62-41(10)57(76)80-51(37(6)14-2)39(8)44(79-58(77)60-30-21-29-59-46(67)24-19-16-20-31-66-48(69)27-28-49(66)70)26-25-38(7)56(75)78-45(32-35(3)4)52(71)61-40(9)54(73)65(12)43(33-42-22-17-15-18-23-42)55(74)64(11)34-47(68)63-50/h14-15,17-18,22-23,25,27-28,35-36,39-41,43-45,50-51H,13,16,19-21,24,26,29-34H2,1-12H3,(H,59,67)(H,60,77)(H,61,71)(H,62,72)(H,63,68)/b37-14+,38-25+/t36?,39-,40-,41+,43+,44-,45+,50-,51+/m0/s1. The van der Waals surface area contributed by atoms with Crippen LogP contribution in [-0.2, 0) is 68.6 Å². The van der Waals surface area contributed by atoms with Gasteiger partial charge in [0.05, 0.1) is 6.54 Å². The highest BCUT2D eigenvalue weighted by atomic mass is 16.6. The van der Waals surface area contributed by atoms with E-state index in [1.807, 2.05) is 20.8 Å². The molecule has 0 fully saturated rings. The number of rotatable bonds is 18. The number of cyclic esters (lactones) is 2. The zero-order valence-electron chi connectivity index (χ0n) is 48.7. The molecule has 0 aromatic heterocycles. The lowest BCUT2D eigenvalue weighted by molar-refractivity contribution is -0.155. The fourth-order valence-corrected chi connectivity index (χ4v) is 8.85. The maximum Gasteiger partial charge on any atom is 0.407 e. The van der Waals surface area contributed by atoms with Crippen molar-refractivity contribution in [2.24, 2.45) is 17.8 Å². The first-order valence-electron chi connectivity index (χ1n) is 27.7. The third kappa shape index (κ3) is 21.3. The molecule has 0 spiro atoms. The molecular weight excluding hydrogens is 1030 g/mol. The number of imide groups is 1. The second-order valence-electron chi connectivity index (χ2n) is 21.2. The lowest BCUT2D eigenvalue weighted by atomic mass is 9.90. The summed E-state index contributed by atoms with van der Waals surface area (Å²) in [6.45, 7) is 16.8. The minimum absolute atomic E-state index is 0.0454. The van der Waals surface area contributed by atoms with Crippen molar-refractivity contribution in [1.29, 1.82) is 0 Å². The minimum Gasteiger partial charge on any atom is -0.456 e. The highest BCUT2D eigenvalue weighted by Crippen LogP contribution is 2.26. The molecule has 1 aromatic carbocycles. The van der Waals surface area contributed by atoms with Crippen LogP contribution >= 0.6 is 0 Å². The molecule has 22 nitrogen and oxygen atoms in total. The van der Waals surface area contributed by atoms with E-state index in [2.05, 4.69) is 26.6 Å². The summed E-state index contributed by atoms with van der Waals surface area (Å²) in [5.41, 5.74) is 1.32. The summed E-state index contributed by atoms with van der Waals surface area (Å²) >= 11 is 0. The number of unbranched alkanes of at least 4 members (excludes halogenated alkanes) is 2. The van der Waals surface area contributed by atoms with Crippen molar-refractivity contribution in [2.75, 3.05) is 40.3 Å². The van der Waals surface area contributed by atoms with Gasteiger partial charge in [-0.15, -0.1) is 0 Å². The molecule has 1 unspecified atom stereocenters. The van der Waals surface area contributed by atoms with Crippen molar-refractivity contribution in [3.63, 3.8) is 0 Å². The van der Waals surface area contributed by atoms with Gasteiger partial charge < -0.3 is 50.6 Å². The zero-order valence-corrected chi connectivity index (χ0v) is 48.7. The number of amides is 9. The summed E-state index contributed by atoms with van der Waals surface area (Å²) in [5.74, 6) is -7.40. The SMILES string of the molecule is C/C=C(\C)[C@H]1OC(=O)[C@@H](C)NC(=O)[C@H](C(C)CC)NC(=O)CN(C)C(=O)[C@@H](Cc2ccccc2)N(C)C(=O)[C@H](C)NC(=O)[C@@H](CC(C)C)OC(=O)/C(C)=C/C[C@H](OC(=O)NCCCNC(=O)CCCCCN2C(=O)C=CC2=O)[C@@H]1C. The number of likely N-dealkylation sites (N-methyl/N-ethyl adjacent to an activating group) is 2. The molecule has 5 N–H and O–H groups in total. The first-order valence-corrected chi connectivity index (χ1v) is 27.7. The van der Waals surface area contributed by atoms with Crippen LogP contribution in [0.3, 0.4) is 0 Å². The highest BCUT2D eigenvalue weighted by Gasteiger charge is 2.38. The number of hydrogen-bond acceptors (Lipinski definition) is 14. The number of carbonyl (C=O) groups excluding carboxylic acids is 11. The van der Waals surface area contributed by atoms with Crippen molar-refractivity contribution in [3.8, 4) is 0 Å². The molecule has 442 valence electrons. The monoisotopic (exact) mass is 1120 g/mol. The van der Waals surface area contributed by atoms with Gasteiger partial charge in [0, 0.05) is 76.6 Å². The van der Waals surface area contributed by atoms with Crippen LogP contribution in [0.15, 0.2) is 65.8 Å². The molecule has 0 saturated carbocycles. The Kier molecular flexibility index (Phi) is 27.8. The van der Waals surface area contributed by atoms with E-state index in [-0.39, 0.29) is 74.5 Å². The number of nitrogens with zero attached hydrogens (tertiary/aromatic N) is 3. The quantitative estimate of drug-likeness (QED) is 0.0458. The predicted octanol–water partition coefficient (Wildman–Crippen LogP) is 3.96. The van der Waals surface area contributed by atoms with Crippen molar-refractivity contribution in [3.05, 3.63) is 71.3 Å². The molecule has 0 bridgehead atoms. The van der Waals surface area contributed by atoms with Crippen LogP contribution in [0, 0.1) is 17.8 Å². The Labute approximate surface area is 470 Å². The summed E-state index contributed by atoms with van der Waals surface area (Å²) in [4.78, 5) is 151. The van der Waals surface area contributed by atoms with Crippen LogP contribution in [0.1, 0.15) is 126 Å². The number of hydrogen-bond donors (Lipinski definition) is 5. The number of alkyl carbamates (subject to hydrolysis) is 1. The van der Waals surface area contributed by atoms with E-state index in [1.165, 1.54) is 58.0 Å². The van der Waals surface area contributed by atoms with Crippen LogP contribution in [0.25, 0.3) is 0 Å². The van der Waals surface area contributed by atoms with E-state index in [0.717, 1.165) is 9.80 Å². The van der Waals surface area contributed by atoms with Crippen molar-refractivity contribution in [2.45, 2.75) is 170 Å². The number of esters is 2. The fourth-order valence-electron chi connectivity index (χ4n) is 8.85. The molecule has 2 aliphatic rings. The largest absolute Gasteiger partial charge is 0.456 e. The molecule has 2 aliphatic heterocycles. The number of nitrogens with one attached hydrogen (secondary N) is 5. The lowest BCUT2D eigenvalue weighted by Gasteiger charge is -2.33. The van der Waals surface area contributed by atoms with Crippen LogP contribution < -0.4 is 26.6 Å². The van der Waals surface area contributed by atoms with Gasteiger partial charge in [0.1, 0.15) is 36.4 Å². The molecule has 22 heteroatoms.